The second-order valence-electron chi connectivity index (χ2n) is 1.35. The van der Waals surface area contributed by atoms with Gasteiger partial charge in [0.25, 0.3) is 25.0 Å². The van der Waals surface area contributed by atoms with Crippen LogP contribution >= 0.6 is 0 Å². The first-order valence-corrected chi connectivity index (χ1v) is 2.78. The zero-order valence-corrected chi connectivity index (χ0v) is 6.42. The largest absolute Gasteiger partial charge is 0.398 e. The lowest BCUT2D eigenvalue weighted by atomic mass is 10.8. The number of hydrogen-bond donors (Lipinski definition) is 0. The van der Waals surface area contributed by atoms with Crippen LogP contribution in [0.15, 0.2) is 11.9 Å². The fourth-order valence-corrected chi connectivity index (χ4v) is 0.374. The van der Waals surface area contributed by atoms with Gasteiger partial charge in [0.2, 0.25) is 0 Å². The lowest BCUT2D eigenvalue weighted by Gasteiger charge is -2.00. The van der Waals surface area contributed by atoms with Crippen LogP contribution in [0.25, 0.3) is 0 Å². The summed E-state index contributed by atoms with van der Waals surface area (Å²) in [5, 5.41) is 32.3. The van der Waals surface area contributed by atoms with Crippen LogP contribution in [0.4, 0.5) is 0 Å². The minimum atomic E-state index is -0.835. The van der Waals surface area contributed by atoms with Crippen LogP contribution in [-0.4, -0.2) is 0 Å². The molecule has 0 saturated carbocycles. The highest BCUT2D eigenvalue weighted by Gasteiger charge is 2.16. The molecule has 0 spiro atoms. The lowest BCUT2D eigenvalue weighted by Crippen LogP contribution is -2.00. The van der Waals surface area contributed by atoms with Crippen LogP contribution in [0.3, 0.4) is 0 Å². The van der Waals surface area contributed by atoms with Gasteiger partial charge in [0.05, 0.1) is 0 Å². The Morgan fingerprint density at radius 3 is 0.929 bits per heavy atom. The van der Waals surface area contributed by atoms with Crippen LogP contribution in [0.1, 0.15) is 0 Å². The van der Waals surface area contributed by atoms with Crippen molar-refractivity contribution in [3.63, 3.8) is 0 Å². The molecule has 0 rings (SSSR count). The molecule has 0 fully saturated rings. The number of ether oxygens (including phenoxy) is 4. The third kappa shape index (κ3) is 3.34. The Kier molecular flexibility index (Phi) is 5.14. The van der Waals surface area contributed by atoms with Gasteiger partial charge in [-0.1, -0.05) is 0 Å². The summed E-state index contributed by atoms with van der Waals surface area (Å²) < 4.78 is 16.2. The minimum absolute atomic E-state index is 0.835. The summed E-state index contributed by atoms with van der Waals surface area (Å²) in [6.45, 7) is 0. The first-order valence-electron chi connectivity index (χ1n) is 2.78. The minimum Gasteiger partial charge on any atom is -0.344 e. The molecule has 0 atom stereocenters. The summed E-state index contributed by atoms with van der Waals surface area (Å²) in [5.74, 6) is -1.67. The monoisotopic (exact) mass is 192 g/mol. The molecule has 0 amide bonds. The van der Waals surface area contributed by atoms with Crippen molar-refractivity contribution in [1.82, 2.24) is 0 Å². The predicted molar refractivity (Wildman–Crippen MR) is 33.8 cm³/mol. The average molecular weight is 192 g/mol. The van der Waals surface area contributed by atoms with Crippen LogP contribution in [0.2, 0.25) is 0 Å². The molecule has 14 heavy (non-hydrogen) atoms. The number of rotatable bonds is 4. The van der Waals surface area contributed by atoms with Crippen LogP contribution in [0, 0.1) is 46.1 Å². The van der Waals surface area contributed by atoms with Gasteiger partial charge in [0.1, 0.15) is 0 Å². The van der Waals surface area contributed by atoms with E-state index in [2.05, 4.69) is 18.9 Å². The average Bonchev–Trinajstić information content (AvgIpc) is 2.17. The molecule has 0 radical (unpaired) electrons. The van der Waals surface area contributed by atoms with Crippen molar-refractivity contribution in [3.05, 3.63) is 11.9 Å². The van der Waals surface area contributed by atoms with Crippen molar-refractivity contribution in [2.45, 2.75) is 0 Å². The second-order valence-corrected chi connectivity index (χ2v) is 1.35. The molecule has 0 aromatic rings. The summed E-state index contributed by atoms with van der Waals surface area (Å²) in [6, 6.07) is 0. The maximum absolute atomic E-state index is 8.08. The van der Waals surface area contributed by atoms with Gasteiger partial charge in [-0.05, 0) is 0 Å². The van der Waals surface area contributed by atoms with Gasteiger partial charge in [-0.2, -0.15) is 0 Å². The van der Waals surface area contributed by atoms with E-state index in [-0.39, 0.29) is 0 Å². The van der Waals surface area contributed by atoms with E-state index >= 15 is 0 Å². The van der Waals surface area contributed by atoms with Crippen molar-refractivity contribution in [2.24, 2.45) is 0 Å². The first kappa shape index (κ1) is 10.9. The highest BCUT2D eigenvalue weighted by molar-refractivity contribution is 4.94. The van der Waals surface area contributed by atoms with Gasteiger partial charge in [-0.25, -0.2) is 0 Å². The molecule has 0 heterocycles. The lowest BCUT2D eigenvalue weighted by molar-refractivity contribution is 0.0762. The molecule has 0 aliphatic carbocycles. The normalized spacial score (nSPS) is 6.29. The Hall–Kier alpha value is -3.10. The highest BCUT2D eigenvalue weighted by atomic mass is 16.7. The molecule has 68 valence electrons. The molecule has 0 aromatic heterocycles. The zero-order valence-electron chi connectivity index (χ0n) is 6.42. The van der Waals surface area contributed by atoms with Crippen LogP contribution < -0.4 is 0 Å². The topological polar surface area (TPSA) is 132 Å². The third-order valence-electron chi connectivity index (χ3n) is 0.720. The molecule has 8 heteroatoms. The zero-order chi connectivity index (χ0) is 10.8. The standard InChI is InChI=1S/C6N4O4/c7-1-11-5(12-2-8)6(13-3-9)14-4-10. The van der Waals surface area contributed by atoms with E-state index in [9.17, 15) is 0 Å². The van der Waals surface area contributed by atoms with Crippen LogP contribution in [0.5, 0.6) is 0 Å². The molecular formula is C6N4O4. The molecule has 0 unspecified atom stereocenters. The molecule has 0 aromatic carbocycles. The molecule has 0 saturated heterocycles. The molecule has 0 N–H and O–H groups in total. The van der Waals surface area contributed by atoms with E-state index in [0.29, 0.717) is 0 Å². The highest BCUT2D eigenvalue weighted by Crippen LogP contribution is 2.09. The Bertz CT molecular complexity index is 314. The summed E-state index contributed by atoms with van der Waals surface area (Å²) in [4.78, 5) is 0. The molecular weight excluding hydrogens is 192 g/mol. The van der Waals surface area contributed by atoms with E-state index in [1.807, 2.05) is 0 Å². The van der Waals surface area contributed by atoms with Crippen molar-refractivity contribution in [2.75, 3.05) is 0 Å². The van der Waals surface area contributed by atoms with Crippen molar-refractivity contribution >= 4 is 0 Å². The second kappa shape index (κ2) is 6.60. The van der Waals surface area contributed by atoms with Crippen molar-refractivity contribution in [1.29, 1.82) is 21.0 Å². The Labute approximate surface area is 77.9 Å². The van der Waals surface area contributed by atoms with Crippen molar-refractivity contribution in [3.8, 4) is 25.0 Å². The summed E-state index contributed by atoms with van der Waals surface area (Å²) in [5.41, 5.74) is 0. The summed E-state index contributed by atoms with van der Waals surface area (Å²) >= 11 is 0. The van der Waals surface area contributed by atoms with Crippen LogP contribution in [-0.2, 0) is 18.9 Å². The van der Waals surface area contributed by atoms with Gasteiger partial charge in [-0.15, -0.1) is 21.0 Å². The van der Waals surface area contributed by atoms with Gasteiger partial charge < -0.3 is 18.9 Å². The Morgan fingerprint density at radius 2 is 0.786 bits per heavy atom. The first-order chi connectivity index (χ1) is 6.79. The fraction of sp³-hybridized carbons (Fsp3) is 0. The van der Waals surface area contributed by atoms with Gasteiger partial charge >= 0.3 is 11.9 Å². The molecule has 0 aliphatic heterocycles. The van der Waals surface area contributed by atoms with E-state index in [4.69, 9.17) is 21.0 Å². The van der Waals surface area contributed by atoms with Gasteiger partial charge in [-0.3, -0.25) is 0 Å². The summed E-state index contributed by atoms with van der Waals surface area (Å²) in [6.07, 6.45) is 4.55. The Balaban J connectivity index is 4.89. The van der Waals surface area contributed by atoms with Gasteiger partial charge in [0, 0.05) is 0 Å². The molecule has 0 bridgehead atoms. The maximum Gasteiger partial charge on any atom is 0.398 e. The van der Waals surface area contributed by atoms with E-state index < -0.39 is 11.9 Å². The van der Waals surface area contributed by atoms with E-state index in [1.54, 1.807) is 0 Å². The third-order valence-corrected chi connectivity index (χ3v) is 0.720. The van der Waals surface area contributed by atoms with Crippen molar-refractivity contribution < 1.29 is 18.9 Å². The predicted octanol–water partition coefficient (Wildman–Crippen LogP) is 0.104. The summed E-state index contributed by atoms with van der Waals surface area (Å²) in [7, 11) is 0. The molecule has 8 nitrogen and oxygen atoms in total. The quantitative estimate of drug-likeness (QED) is 0.452. The van der Waals surface area contributed by atoms with E-state index in [0.717, 1.165) is 25.0 Å². The number of nitrogens with zero attached hydrogens (tertiary/aromatic N) is 4. The smallest absolute Gasteiger partial charge is 0.344 e. The molecule has 0 aliphatic rings. The SMILES string of the molecule is N#COC(OC#N)=C(OC#N)OC#N. The number of nitriles is 4. The fourth-order valence-electron chi connectivity index (χ4n) is 0.374. The maximum atomic E-state index is 8.08. The van der Waals surface area contributed by atoms with Gasteiger partial charge in [0.15, 0.2) is 0 Å². The Morgan fingerprint density at radius 1 is 0.571 bits per heavy atom. The van der Waals surface area contributed by atoms with E-state index in [1.165, 1.54) is 0 Å². The number of hydrogen-bond acceptors (Lipinski definition) is 8.